The van der Waals surface area contributed by atoms with E-state index in [9.17, 15) is 14.0 Å². The van der Waals surface area contributed by atoms with Crippen molar-refractivity contribution in [2.75, 3.05) is 6.61 Å². The molecule has 1 aromatic carbocycles. The molecule has 1 unspecified atom stereocenters. The highest BCUT2D eigenvalue weighted by Crippen LogP contribution is 2.53. The Balaban J connectivity index is 1.35. The van der Waals surface area contributed by atoms with E-state index in [0.717, 1.165) is 43.2 Å². The van der Waals surface area contributed by atoms with Gasteiger partial charge in [0.1, 0.15) is 11.9 Å². The van der Waals surface area contributed by atoms with Gasteiger partial charge in [-0.25, -0.2) is 9.18 Å². The molecule has 37 heavy (non-hydrogen) atoms. The fourth-order valence-corrected chi connectivity index (χ4v) is 7.39. The summed E-state index contributed by atoms with van der Waals surface area (Å²) in [5.41, 5.74) is 3.35. The first-order chi connectivity index (χ1) is 17.8. The lowest BCUT2D eigenvalue weighted by Gasteiger charge is -2.47. The molecule has 1 amide bonds. The number of ether oxygens (including phenoxy) is 2. The van der Waals surface area contributed by atoms with Crippen LogP contribution in [-0.4, -0.2) is 30.8 Å². The number of halogens is 1. The van der Waals surface area contributed by atoms with Crippen molar-refractivity contribution in [2.45, 2.75) is 65.0 Å². The predicted octanol–water partition coefficient (Wildman–Crippen LogP) is 6.46. The molecule has 5 nitrogen and oxygen atoms in total. The molecule has 0 spiro atoms. The third-order valence-electron chi connectivity index (χ3n) is 8.99. The van der Waals surface area contributed by atoms with Gasteiger partial charge in [0.2, 0.25) is 0 Å². The molecule has 1 aromatic rings. The molecule has 5 rings (SSSR count). The monoisotopic (exact) mass is 507 g/mol. The van der Waals surface area contributed by atoms with E-state index in [2.05, 4.69) is 36.5 Å². The van der Waals surface area contributed by atoms with Gasteiger partial charge in [-0.2, -0.15) is 0 Å². The summed E-state index contributed by atoms with van der Waals surface area (Å²) < 4.78 is 24.6. The number of alkyl carbamates (subject to hydrolysis) is 1. The van der Waals surface area contributed by atoms with Crippen molar-refractivity contribution in [1.29, 1.82) is 0 Å². The first kappa shape index (κ1) is 25.7. The SMILES string of the molecule is CCOC(=O)N[C@H]1CC[C@@H]2[C@@H](C1)C[C@@H]1C(=O)O[C@@H](C)[C@H]1[C@H]2/C=C/C1=CC=C(c2cccc(F)c2)C(C)C1. The zero-order valence-electron chi connectivity index (χ0n) is 22.0. The Bertz CT molecular complexity index is 1120. The highest BCUT2D eigenvalue weighted by atomic mass is 19.1. The lowest BCUT2D eigenvalue weighted by atomic mass is 9.57. The molecule has 8 atom stereocenters. The van der Waals surface area contributed by atoms with E-state index >= 15 is 0 Å². The van der Waals surface area contributed by atoms with Crippen molar-refractivity contribution in [2.24, 2.45) is 35.5 Å². The second-order valence-corrected chi connectivity index (χ2v) is 11.3. The van der Waals surface area contributed by atoms with Crippen molar-refractivity contribution in [3.63, 3.8) is 0 Å². The Kier molecular flexibility index (Phi) is 7.55. The topological polar surface area (TPSA) is 64.6 Å². The van der Waals surface area contributed by atoms with Crippen molar-refractivity contribution >= 4 is 17.6 Å². The summed E-state index contributed by atoms with van der Waals surface area (Å²) in [4.78, 5) is 24.7. The summed E-state index contributed by atoms with van der Waals surface area (Å²) in [5, 5.41) is 3.02. The Morgan fingerprint density at radius 3 is 2.81 bits per heavy atom. The van der Waals surface area contributed by atoms with E-state index in [1.54, 1.807) is 12.1 Å². The Morgan fingerprint density at radius 2 is 2.05 bits per heavy atom. The van der Waals surface area contributed by atoms with Crippen LogP contribution in [0.2, 0.25) is 0 Å². The number of nitrogens with one attached hydrogen (secondary N) is 1. The molecular formula is C31H38FNO4. The van der Waals surface area contributed by atoms with Gasteiger partial charge in [0.15, 0.2) is 0 Å². The van der Waals surface area contributed by atoms with Crippen LogP contribution in [0, 0.1) is 41.3 Å². The number of esters is 1. The van der Waals surface area contributed by atoms with Gasteiger partial charge in [0.25, 0.3) is 0 Å². The van der Waals surface area contributed by atoms with Gasteiger partial charge < -0.3 is 14.8 Å². The number of hydrogen-bond donors (Lipinski definition) is 1. The van der Waals surface area contributed by atoms with Gasteiger partial charge in [-0.05, 0) is 98.5 Å². The zero-order chi connectivity index (χ0) is 26.1. The molecule has 0 bridgehead atoms. The van der Waals surface area contributed by atoms with Crippen LogP contribution >= 0.6 is 0 Å². The number of carbonyl (C=O) groups excluding carboxylic acids is 2. The van der Waals surface area contributed by atoms with Gasteiger partial charge in [0, 0.05) is 12.0 Å². The van der Waals surface area contributed by atoms with Crippen LogP contribution in [0.1, 0.15) is 58.4 Å². The van der Waals surface area contributed by atoms with Gasteiger partial charge in [-0.3, -0.25) is 4.79 Å². The minimum Gasteiger partial charge on any atom is -0.462 e. The molecule has 1 heterocycles. The fourth-order valence-electron chi connectivity index (χ4n) is 7.39. The molecule has 1 N–H and O–H groups in total. The van der Waals surface area contributed by atoms with Crippen molar-refractivity contribution in [3.8, 4) is 0 Å². The predicted molar refractivity (Wildman–Crippen MR) is 141 cm³/mol. The molecule has 3 fully saturated rings. The second-order valence-electron chi connectivity index (χ2n) is 11.3. The van der Waals surface area contributed by atoms with Crippen molar-refractivity contribution in [1.82, 2.24) is 5.32 Å². The maximum Gasteiger partial charge on any atom is 0.407 e. The first-order valence-corrected chi connectivity index (χ1v) is 13.8. The Morgan fingerprint density at radius 1 is 1.22 bits per heavy atom. The van der Waals surface area contributed by atoms with E-state index in [1.807, 2.05) is 19.9 Å². The number of benzene rings is 1. The van der Waals surface area contributed by atoms with Crippen LogP contribution in [0.15, 0.2) is 54.1 Å². The highest BCUT2D eigenvalue weighted by Gasteiger charge is 2.54. The van der Waals surface area contributed by atoms with Gasteiger partial charge in [-0.1, -0.05) is 43.4 Å². The molecular weight excluding hydrogens is 469 g/mol. The van der Waals surface area contributed by atoms with Gasteiger partial charge in [-0.15, -0.1) is 0 Å². The lowest BCUT2D eigenvalue weighted by molar-refractivity contribution is -0.144. The van der Waals surface area contributed by atoms with Crippen molar-refractivity contribution in [3.05, 3.63) is 65.5 Å². The number of allylic oxidation sites excluding steroid dienone is 6. The Labute approximate surface area is 219 Å². The molecule has 3 aliphatic carbocycles. The summed E-state index contributed by atoms with van der Waals surface area (Å²) in [6.07, 6.45) is 13.0. The van der Waals surface area contributed by atoms with Crippen LogP contribution in [0.4, 0.5) is 9.18 Å². The maximum atomic E-state index is 13.8. The van der Waals surface area contributed by atoms with E-state index in [1.165, 1.54) is 11.6 Å². The van der Waals surface area contributed by atoms with E-state index in [4.69, 9.17) is 9.47 Å². The van der Waals surface area contributed by atoms with E-state index < -0.39 is 0 Å². The molecule has 1 aliphatic heterocycles. The third-order valence-corrected chi connectivity index (χ3v) is 8.99. The maximum absolute atomic E-state index is 13.8. The standard InChI is InChI=1S/C31H38FNO4/c1-4-36-31(35)33-24-10-13-26-22(16-24)17-28-29(19(3)37-30(28)34)27(26)12-9-20-8-11-25(18(2)14-20)21-6-5-7-23(32)15-21/h5-9,11-12,15,18-19,22,24,26-29H,4,10,13-14,16-17H2,1-3H3,(H,33,35)/b12-9+/t18?,19-,22-,24-,26+,27-,28-,29-/m0/s1. The number of amides is 1. The normalized spacial score (nSPS) is 35.2. The highest BCUT2D eigenvalue weighted by molar-refractivity contribution is 5.75. The second kappa shape index (κ2) is 10.8. The summed E-state index contributed by atoms with van der Waals surface area (Å²) in [7, 11) is 0. The summed E-state index contributed by atoms with van der Waals surface area (Å²) in [5.74, 6) is 1.23. The summed E-state index contributed by atoms with van der Waals surface area (Å²) >= 11 is 0. The average Bonchev–Trinajstić information content (AvgIpc) is 3.14. The van der Waals surface area contributed by atoms with Crippen LogP contribution in [0.25, 0.3) is 5.57 Å². The Hall–Kier alpha value is -2.89. The summed E-state index contributed by atoms with van der Waals surface area (Å²) in [6, 6.07) is 6.89. The number of cyclic esters (lactones) is 1. The van der Waals surface area contributed by atoms with Gasteiger partial charge >= 0.3 is 12.1 Å². The minimum atomic E-state index is -0.353. The quantitative estimate of drug-likeness (QED) is 0.465. The molecule has 0 radical (unpaired) electrons. The number of hydrogen-bond acceptors (Lipinski definition) is 4. The van der Waals surface area contributed by atoms with Crippen LogP contribution in [0.5, 0.6) is 0 Å². The first-order valence-electron chi connectivity index (χ1n) is 13.8. The molecule has 6 heteroatoms. The minimum absolute atomic E-state index is 0.0667. The third kappa shape index (κ3) is 5.39. The fraction of sp³-hybridized carbons (Fsp3) is 0.548. The number of rotatable bonds is 5. The number of fused-ring (bicyclic) bond motifs is 2. The molecule has 198 valence electrons. The lowest BCUT2D eigenvalue weighted by Crippen LogP contribution is -2.48. The van der Waals surface area contributed by atoms with Crippen LogP contribution < -0.4 is 5.32 Å². The number of carbonyl (C=O) groups is 2. The molecule has 4 aliphatic rings. The molecule has 0 aromatic heterocycles. The van der Waals surface area contributed by atoms with Crippen LogP contribution in [0.3, 0.4) is 0 Å². The largest absolute Gasteiger partial charge is 0.462 e. The zero-order valence-corrected chi connectivity index (χ0v) is 22.0. The molecule has 2 saturated carbocycles. The van der Waals surface area contributed by atoms with E-state index in [0.29, 0.717) is 18.4 Å². The molecule has 1 saturated heterocycles. The van der Waals surface area contributed by atoms with Gasteiger partial charge in [0.05, 0.1) is 12.5 Å². The van der Waals surface area contributed by atoms with Crippen LogP contribution in [-0.2, 0) is 14.3 Å². The van der Waals surface area contributed by atoms with E-state index in [-0.39, 0.29) is 53.7 Å². The van der Waals surface area contributed by atoms with Crippen molar-refractivity contribution < 1.29 is 23.5 Å². The smallest absolute Gasteiger partial charge is 0.407 e. The average molecular weight is 508 g/mol. The summed E-state index contributed by atoms with van der Waals surface area (Å²) in [6.45, 7) is 6.39.